The molecule has 204 valence electrons. The van der Waals surface area contributed by atoms with Crippen LogP contribution in [0.2, 0.25) is 0 Å². The van der Waals surface area contributed by atoms with Gasteiger partial charge < -0.3 is 9.31 Å². The summed E-state index contributed by atoms with van der Waals surface area (Å²) in [5, 5.41) is 0. The Labute approximate surface area is 235 Å². The zero-order valence-electron chi connectivity index (χ0n) is 25.7. The standard InChI is InChI=1S/C33H42BN3O2/c1-19-13-21(3)30(22(4)14-19)35-25(7)28-17-27(34-38-32(9,10)33(11,12)39-34)18-29(37-28)26(8)36-31-23(5)15-20(2)16-24(31)6/h13-18H,1-12H3. The second-order valence-electron chi connectivity index (χ2n) is 12.1. The highest BCUT2D eigenvalue weighted by atomic mass is 16.7. The highest BCUT2D eigenvalue weighted by molar-refractivity contribution is 6.62. The topological polar surface area (TPSA) is 56.1 Å². The molecular weight excluding hydrogens is 481 g/mol. The van der Waals surface area contributed by atoms with Gasteiger partial charge in [0.1, 0.15) is 0 Å². The summed E-state index contributed by atoms with van der Waals surface area (Å²) in [7, 11) is -0.512. The first-order valence-electron chi connectivity index (χ1n) is 13.7. The molecule has 1 saturated heterocycles. The average molecular weight is 524 g/mol. The van der Waals surface area contributed by atoms with Crippen molar-refractivity contribution in [1.82, 2.24) is 4.98 Å². The fourth-order valence-corrected chi connectivity index (χ4v) is 5.19. The highest BCUT2D eigenvalue weighted by Gasteiger charge is 2.51. The van der Waals surface area contributed by atoms with Crippen LogP contribution in [-0.2, 0) is 9.31 Å². The number of aryl methyl sites for hydroxylation is 6. The van der Waals surface area contributed by atoms with Crippen LogP contribution < -0.4 is 5.46 Å². The van der Waals surface area contributed by atoms with Crippen LogP contribution in [0, 0.1) is 41.5 Å². The molecule has 0 N–H and O–H groups in total. The Hall–Kier alpha value is -3.09. The van der Waals surface area contributed by atoms with Crippen LogP contribution in [0.5, 0.6) is 0 Å². The van der Waals surface area contributed by atoms with E-state index in [1.807, 2.05) is 26.0 Å². The summed E-state index contributed by atoms with van der Waals surface area (Å²) in [4.78, 5) is 15.1. The molecule has 1 aliphatic rings. The number of benzene rings is 2. The van der Waals surface area contributed by atoms with Gasteiger partial charge in [0, 0.05) is 0 Å². The minimum Gasteiger partial charge on any atom is -0.399 e. The minimum absolute atomic E-state index is 0.445. The molecule has 0 amide bonds. The number of pyridine rings is 1. The van der Waals surface area contributed by atoms with Crippen molar-refractivity contribution in [3.05, 3.63) is 81.2 Å². The van der Waals surface area contributed by atoms with Crippen LogP contribution in [0.3, 0.4) is 0 Å². The normalized spacial score (nSPS) is 17.2. The van der Waals surface area contributed by atoms with Gasteiger partial charge in [0.2, 0.25) is 0 Å². The van der Waals surface area contributed by atoms with E-state index in [1.165, 1.54) is 11.1 Å². The summed E-state index contributed by atoms with van der Waals surface area (Å²) < 4.78 is 12.9. The summed E-state index contributed by atoms with van der Waals surface area (Å²) in [5.74, 6) is 0. The number of nitrogens with zero attached hydrogens (tertiary/aromatic N) is 3. The molecule has 2 heterocycles. The Morgan fingerprint density at radius 1 is 0.615 bits per heavy atom. The molecule has 0 radical (unpaired) electrons. The molecule has 0 saturated carbocycles. The fourth-order valence-electron chi connectivity index (χ4n) is 5.19. The molecule has 0 unspecified atom stereocenters. The summed E-state index contributed by atoms with van der Waals surface area (Å²) in [6.07, 6.45) is 0. The Balaban J connectivity index is 1.86. The maximum atomic E-state index is 6.43. The summed E-state index contributed by atoms with van der Waals surface area (Å²) in [6.45, 7) is 25.0. The Morgan fingerprint density at radius 2 is 0.949 bits per heavy atom. The Bertz CT molecular complexity index is 1350. The van der Waals surface area contributed by atoms with E-state index < -0.39 is 18.3 Å². The summed E-state index contributed by atoms with van der Waals surface area (Å²) in [5.41, 5.74) is 12.3. The predicted molar refractivity (Wildman–Crippen MR) is 165 cm³/mol. The SMILES string of the molecule is CC(=Nc1c(C)cc(C)cc1C)c1cc(B2OC(C)(C)C(C)(C)O2)cc(C(C)=Nc2c(C)cc(C)cc2C)n1. The lowest BCUT2D eigenvalue weighted by Gasteiger charge is -2.32. The molecule has 39 heavy (non-hydrogen) atoms. The van der Waals surface area contributed by atoms with Crippen molar-refractivity contribution in [3.63, 3.8) is 0 Å². The summed E-state index contributed by atoms with van der Waals surface area (Å²) in [6, 6.07) is 12.8. The van der Waals surface area contributed by atoms with Gasteiger partial charge in [-0.2, -0.15) is 0 Å². The van der Waals surface area contributed by atoms with Crippen LogP contribution in [0.1, 0.15) is 86.3 Å². The van der Waals surface area contributed by atoms with Gasteiger partial charge in [0.25, 0.3) is 0 Å². The van der Waals surface area contributed by atoms with E-state index in [9.17, 15) is 0 Å². The van der Waals surface area contributed by atoms with Gasteiger partial charge in [-0.1, -0.05) is 35.4 Å². The summed E-state index contributed by atoms with van der Waals surface area (Å²) >= 11 is 0. The van der Waals surface area contributed by atoms with E-state index in [2.05, 4.69) is 93.5 Å². The van der Waals surface area contributed by atoms with E-state index in [1.54, 1.807) is 0 Å². The van der Waals surface area contributed by atoms with Gasteiger partial charge in [-0.25, -0.2) is 4.98 Å². The molecule has 0 aliphatic carbocycles. The number of hydrogen-bond donors (Lipinski definition) is 0. The zero-order chi connectivity index (χ0) is 28.9. The van der Waals surface area contributed by atoms with Gasteiger partial charge in [-0.3, -0.25) is 9.98 Å². The molecule has 1 aromatic heterocycles. The van der Waals surface area contributed by atoms with Crippen molar-refractivity contribution in [3.8, 4) is 0 Å². The monoisotopic (exact) mass is 523 g/mol. The molecule has 5 nitrogen and oxygen atoms in total. The van der Waals surface area contributed by atoms with Crippen LogP contribution in [0.15, 0.2) is 46.4 Å². The second-order valence-corrected chi connectivity index (χ2v) is 12.1. The third-order valence-corrected chi connectivity index (χ3v) is 7.94. The van der Waals surface area contributed by atoms with Gasteiger partial charge in [0.05, 0.1) is 45.4 Å². The number of aromatic nitrogens is 1. The minimum atomic E-state index is -0.512. The lowest BCUT2D eigenvalue weighted by atomic mass is 9.78. The molecular formula is C33H42BN3O2. The molecule has 0 spiro atoms. The third-order valence-electron chi connectivity index (χ3n) is 7.94. The first-order valence-corrected chi connectivity index (χ1v) is 13.7. The van der Waals surface area contributed by atoms with Crippen LogP contribution in [-0.4, -0.2) is 34.7 Å². The van der Waals surface area contributed by atoms with Crippen LogP contribution >= 0.6 is 0 Å². The van der Waals surface area contributed by atoms with E-state index in [0.717, 1.165) is 61.9 Å². The molecule has 0 bridgehead atoms. The molecule has 1 fully saturated rings. The molecule has 0 atom stereocenters. The van der Waals surface area contributed by atoms with Gasteiger partial charge in [-0.05, 0) is 123 Å². The fraction of sp³-hybridized carbons (Fsp3) is 0.424. The van der Waals surface area contributed by atoms with Crippen molar-refractivity contribution in [2.45, 2.75) is 94.3 Å². The molecule has 1 aliphatic heterocycles. The maximum absolute atomic E-state index is 6.43. The zero-order valence-corrected chi connectivity index (χ0v) is 25.7. The van der Waals surface area contributed by atoms with Crippen LogP contribution in [0.4, 0.5) is 11.4 Å². The average Bonchev–Trinajstić information content (AvgIpc) is 3.04. The lowest BCUT2D eigenvalue weighted by Crippen LogP contribution is -2.41. The van der Waals surface area contributed by atoms with Crippen molar-refractivity contribution in [2.75, 3.05) is 0 Å². The van der Waals surface area contributed by atoms with E-state index >= 15 is 0 Å². The predicted octanol–water partition coefficient (Wildman–Crippen LogP) is 7.51. The van der Waals surface area contributed by atoms with Crippen molar-refractivity contribution in [2.24, 2.45) is 9.98 Å². The van der Waals surface area contributed by atoms with E-state index in [0.29, 0.717) is 0 Å². The lowest BCUT2D eigenvalue weighted by molar-refractivity contribution is 0.00578. The van der Waals surface area contributed by atoms with Crippen molar-refractivity contribution < 1.29 is 9.31 Å². The molecule has 3 aromatic rings. The van der Waals surface area contributed by atoms with Gasteiger partial charge in [-0.15, -0.1) is 0 Å². The molecule has 2 aromatic carbocycles. The quantitative estimate of drug-likeness (QED) is 0.257. The van der Waals surface area contributed by atoms with Crippen molar-refractivity contribution in [1.29, 1.82) is 0 Å². The second kappa shape index (κ2) is 10.5. The Kier molecular flexibility index (Phi) is 7.77. The van der Waals surface area contributed by atoms with Gasteiger partial charge >= 0.3 is 7.12 Å². The molecule has 4 rings (SSSR count). The molecule has 6 heteroatoms. The largest absolute Gasteiger partial charge is 0.494 e. The Morgan fingerprint density at radius 3 is 1.28 bits per heavy atom. The van der Waals surface area contributed by atoms with Crippen LogP contribution in [0.25, 0.3) is 0 Å². The highest BCUT2D eigenvalue weighted by Crippen LogP contribution is 2.36. The number of rotatable bonds is 5. The first-order chi connectivity index (χ1) is 18.1. The smallest absolute Gasteiger partial charge is 0.399 e. The van der Waals surface area contributed by atoms with E-state index in [4.69, 9.17) is 24.3 Å². The third kappa shape index (κ3) is 5.92. The van der Waals surface area contributed by atoms with Crippen molar-refractivity contribution >= 4 is 35.4 Å². The maximum Gasteiger partial charge on any atom is 0.494 e. The van der Waals surface area contributed by atoms with E-state index in [-0.39, 0.29) is 0 Å². The van der Waals surface area contributed by atoms with Gasteiger partial charge in [0.15, 0.2) is 0 Å². The number of hydrogen-bond acceptors (Lipinski definition) is 5. The number of aliphatic imine (C=N–C) groups is 2. The first kappa shape index (κ1) is 28.9.